The third-order valence-electron chi connectivity index (χ3n) is 4.08. The van der Waals surface area contributed by atoms with Crippen LogP contribution in [0.15, 0.2) is 77.9 Å². The van der Waals surface area contributed by atoms with E-state index in [4.69, 9.17) is 4.74 Å². The van der Waals surface area contributed by atoms with Crippen molar-refractivity contribution < 1.29 is 19.1 Å². The molecule has 0 aliphatic carbocycles. The fraction of sp³-hybridized carbons (Fsp3) is 0.136. The lowest BCUT2D eigenvalue weighted by atomic mass is 10.1. The molecule has 0 radical (unpaired) electrons. The molecule has 1 heterocycles. The van der Waals surface area contributed by atoms with Gasteiger partial charge in [-0.2, -0.15) is 5.10 Å². The minimum atomic E-state index is -1.14. The van der Waals surface area contributed by atoms with Crippen molar-refractivity contribution in [1.29, 1.82) is 0 Å². The maximum atomic E-state index is 12.0. The van der Waals surface area contributed by atoms with Gasteiger partial charge in [-0.15, -0.1) is 10.2 Å². The molecule has 0 saturated carbocycles. The predicted molar refractivity (Wildman–Crippen MR) is 115 cm³/mol. The standard InChI is InChI=1S/C22H21N5O4/c1-30-21(28)19(24-22(29)31-15-16-8-4-2-5-9-16)14-23-26-20-13-12-18(25-27-20)17-10-6-3-7-11-17/h2-14,19H,15H2,1H3,(H,24,29)(H,26,27)/b23-14+. The fourth-order valence-corrected chi connectivity index (χ4v) is 2.51. The Balaban J connectivity index is 1.55. The molecule has 2 N–H and O–H groups in total. The summed E-state index contributed by atoms with van der Waals surface area (Å²) in [6, 6.07) is 21.1. The largest absolute Gasteiger partial charge is 0.467 e. The van der Waals surface area contributed by atoms with Crippen molar-refractivity contribution in [2.75, 3.05) is 12.5 Å². The first-order valence-corrected chi connectivity index (χ1v) is 9.39. The highest BCUT2D eigenvalue weighted by atomic mass is 16.6. The highest BCUT2D eigenvalue weighted by Crippen LogP contribution is 2.16. The summed E-state index contributed by atoms with van der Waals surface area (Å²) < 4.78 is 9.80. The molecule has 0 bridgehead atoms. The minimum Gasteiger partial charge on any atom is -0.467 e. The molecule has 1 amide bonds. The van der Waals surface area contributed by atoms with Gasteiger partial charge in [0.25, 0.3) is 0 Å². The van der Waals surface area contributed by atoms with E-state index in [0.29, 0.717) is 11.5 Å². The highest BCUT2D eigenvalue weighted by Gasteiger charge is 2.20. The molecule has 1 unspecified atom stereocenters. The van der Waals surface area contributed by atoms with Crippen LogP contribution >= 0.6 is 0 Å². The van der Waals surface area contributed by atoms with Gasteiger partial charge in [0.05, 0.1) is 19.0 Å². The van der Waals surface area contributed by atoms with E-state index in [1.165, 1.54) is 13.3 Å². The molecule has 9 heteroatoms. The molecule has 1 aromatic heterocycles. The Kier molecular flexibility index (Phi) is 7.64. The Bertz CT molecular complexity index is 1010. The molecule has 0 saturated heterocycles. The monoisotopic (exact) mass is 419 g/mol. The third-order valence-corrected chi connectivity index (χ3v) is 4.08. The fourth-order valence-electron chi connectivity index (χ4n) is 2.51. The Hall–Kier alpha value is -4.27. The molecule has 9 nitrogen and oxygen atoms in total. The van der Waals surface area contributed by atoms with Gasteiger partial charge in [0.15, 0.2) is 11.9 Å². The summed E-state index contributed by atoms with van der Waals surface area (Å²) in [5.41, 5.74) is 5.13. The summed E-state index contributed by atoms with van der Waals surface area (Å²) in [5.74, 6) is -0.334. The smallest absolute Gasteiger partial charge is 0.408 e. The topological polar surface area (TPSA) is 115 Å². The number of alkyl carbamates (subject to hydrolysis) is 1. The average Bonchev–Trinajstić information content (AvgIpc) is 2.83. The molecule has 158 valence electrons. The number of hydrogen-bond donors (Lipinski definition) is 2. The summed E-state index contributed by atoms with van der Waals surface area (Å²) >= 11 is 0. The van der Waals surface area contributed by atoms with E-state index in [1.807, 2.05) is 60.7 Å². The van der Waals surface area contributed by atoms with E-state index in [9.17, 15) is 9.59 Å². The zero-order valence-electron chi connectivity index (χ0n) is 16.8. The van der Waals surface area contributed by atoms with Gasteiger partial charge >= 0.3 is 12.1 Å². The second-order valence-corrected chi connectivity index (χ2v) is 6.27. The van der Waals surface area contributed by atoms with Crippen molar-refractivity contribution in [1.82, 2.24) is 15.5 Å². The lowest BCUT2D eigenvalue weighted by molar-refractivity contribution is -0.141. The van der Waals surface area contributed by atoms with Gasteiger partial charge in [-0.25, -0.2) is 9.59 Å². The maximum Gasteiger partial charge on any atom is 0.408 e. The Morgan fingerprint density at radius 2 is 1.71 bits per heavy atom. The summed E-state index contributed by atoms with van der Waals surface area (Å²) in [6.45, 7) is 0.0688. The number of anilines is 1. The van der Waals surface area contributed by atoms with Crippen LogP contribution in [0, 0.1) is 0 Å². The van der Waals surface area contributed by atoms with Crippen molar-refractivity contribution >= 4 is 24.1 Å². The van der Waals surface area contributed by atoms with Crippen molar-refractivity contribution in [2.45, 2.75) is 12.6 Å². The van der Waals surface area contributed by atoms with Crippen LogP contribution in [0.5, 0.6) is 0 Å². The number of amides is 1. The number of rotatable bonds is 8. The molecule has 3 aromatic rings. The van der Waals surface area contributed by atoms with Gasteiger partial charge in [-0.05, 0) is 17.7 Å². The number of carbonyl (C=O) groups is 2. The van der Waals surface area contributed by atoms with E-state index in [1.54, 1.807) is 12.1 Å². The summed E-state index contributed by atoms with van der Waals surface area (Å²) in [5, 5.41) is 14.5. The van der Waals surface area contributed by atoms with Crippen molar-refractivity contribution in [3.8, 4) is 11.3 Å². The molecule has 31 heavy (non-hydrogen) atoms. The van der Waals surface area contributed by atoms with Crippen LogP contribution in [0.2, 0.25) is 0 Å². The highest BCUT2D eigenvalue weighted by molar-refractivity contribution is 5.97. The van der Waals surface area contributed by atoms with Crippen molar-refractivity contribution in [3.63, 3.8) is 0 Å². The summed E-state index contributed by atoms with van der Waals surface area (Å²) in [7, 11) is 1.21. The van der Waals surface area contributed by atoms with Gasteiger partial charge in [0.2, 0.25) is 0 Å². The summed E-state index contributed by atoms with van der Waals surface area (Å²) in [6.07, 6.45) is 0.403. The lowest BCUT2D eigenvalue weighted by Crippen LogP contribution is -2.43. The first kappa shape index (κ1) is 21.4. The second kappa shape index (κ2) is 11.1. The van der Waals surface area contributed by atoms with Crippen LogP contribution in [0.4, 0.5) is 10.6 Å². The van der Waals surface area contributed by atoms with Gasteiger partial charge < -0.3 is 14.8 Å². The van der Waals surface area contributed by atoms with Crippen LogP contribution in [0.1, 0.15) is 5.56 Å². The number of hydrazone groups is 1. The molecular formula is C22H21N5O4. The third kappa shape index (κ3) is 6.64. The van der Waals surface area contributed by atoms with Crippen molar-refractivity contribution in [3.05, 3.63) is 78.4 Å². The molecule has 2 aromatic carbocycles. The lowest BCUT2D eigenvalue weighted by Gasteiger charge is -2.12. The number of carbonyl (C=O) groups excluding carboxylic acids is 2. The van der Waals surface area contributed by atoms with Gasteiger partial charge in [0.1, 0.15) is 6.61 Å². The Morgan fingerprint density at radius 3 is 2.35 bits per heavy atom. The molecule has 3 rings (SSSR count). The molecule has 0 aliphatic heterocycles. The number of nitrogens with zero attached hydrogens (tertiary/aromatic N) is 3. The number of nitrogens with one attached hydrogen (secondary N) is 2. The zero-order valence-corrected chi connectivity index (χ0v) is 16.8. The van der Waals surface area contributed by atoms with Gasteiger partial charge in [0, 0.05) is 5.56 Å². The predicted octanol–water partition coefficient (Wildman–Crippen LogP) is 3.01. The van der Waals surface area contributed by atoms with Crippen molar-refractivity contribution in [2.24, 2.45) is 5.10 Å². The minimum absolute atomic E-state index is 0.0688. The molecule has 0 fully saturated rings. The average molecular weight is 419 g/mol. The maximum absolute atomic E-state index is 12.0. The number of aromatic nitrogens is 2. The van der Waals surface area contributed by atoms with E-state index in [0.717, 1.165) is 11.1 Å². The molecular weight excluding hydrogens is 398 g/mol. The Morgan fingerprint density at radius 1 is 1.00 bits per heavy atom. The molecule has 0 spiro atoms. The normalized spacial score (nSPS) is 11.5. The first-order chi connectivity index (χ1) is 15.2. The number of esters is 1. The number of hydrogen-bond acceptors (Lipinski definition) is 8. The molecule has 0 aliphatic rings. The van der Waals surface area contributed by atoms with E-state index in [2.05, 4.69) is 30.8 Å². The van der Waals surface area contributed by atoms with Gasteiger partial charge in [-0.3, -0.25) is 5.43 Å². The van der Waals surface area contributed by atoms with Crippen LogP contribution in [0.25, 0.3) is 11.3 Å². The summed E-state index contributed by atoms with van der Waals surface area (Å²) in [4.78, 5) is 23.9. The number of benzene rings is 2. The quantitative estimate of drug-likeness (QED) is 0.328. The Labute approximate surface area is 179 Å². The molecule has 1 atom stereocenters. The van der Waals surface area contributed by atoms with Crippen LogP contribution < -0.4 is 10.7 Å². The van der Waals surface area contributed by atoms with Gasteiger partial charge in [-0.1, -0.05) is 60.7 Å². The van der Waals surface area contributed by atoms with Crippen LogP contribution in [-0.4, -0.2) is 41.6 Å². The number of ether oxygens (including phenoxy) is 2. The zero-order chi connectivity index (χ0) is 21.9. The number of methoxy groups -OCH3 is 1. The van der Waals surface area contributed by atoms with Crippen LogP contribution in [-0.2, 0) is 20.9 Å². The van der Waals surface area contributed by atoms with E-state index in [-0.39, 0.29) is 6.61 Å². The van der Waals surface area contributed by atoms with E-state index >= 15 is 0 Å². The van der Waals surface area contributed by atoms with E-state index < -0.39 is 18.1 Å². The second-order valence-electron chi connectivity index (χ2n) is 6.27. The van der Waals surface area contributed by atoms with Crippen LogP contribution in [0.3, 0.4) is 0 Å². The first-order valence-electron chi connectivity index (χ1n) is 9.39. The SMILES string of the molecule is COC(=O)C(/C=N/Nc1ccc(-c2ccccc2)nn1)NC(=O)OCc1ccccc1.